The second-order valence-corrected chi connectivity index (χ2v) is 7.52. The van der Waals surface area contributed by atoms with E-state index < -0.39 is 36.1 Å². The molecule has 2 aromatic carbocycles. The minimum absolute atomic E-state index is 0.116. The summed E-state index contributed by atoms with van der Waals surface area (Å²) in [4.78, 5) is 14.3. The number of halogens is 2. The number of hydrogen-bond acceptors (Lipinski definition) is 5. The van der Waals surface area contributed by atoms with Crippen molar-refractivity contribution < 1.29 is 24.1 Å². The molecule has 0 aromatic heterocycles. The van der Waals surface area contributed by atoms with Crippen LogP contribution in [0.25, 0.3) is 0 Å². The number of rotatable bonds is 7. The van der Waals surface area contributed by atoms with Crippen LogP contribution in [0.15, 0.2) is 48.5 Å². The molecule has 1 amide bonds. The van der Waals surface area contributed by atoms with E-state index in [2.05, 4.69) is 5.32 Å². The van der Waals surface area contributed by atoms with E-state index in [0.717, 1.165) is 11.6 Å². The summed E-state index contributed by atoms with van der Waals surface area (Å²) < 4.78 is 19.1. The molecule has 6 nitrogen and oxygen atoms in total. The highest BCUT2D eigenvalue weighted by molar-refractivity contribution is 6.31. The van der Waals surface area contributed by atoms with E-state index in [1.807, 2.05) is 42.3 Å². The van der Waals surface area contributed by atoms with Gasteiger partial charge in [0.15, 0.2) is 0 Å². The predicted molar refractivity (Wildman–Crippen MR) is 107 cm³/mol. The van der Waals surface area contributed by atoms with Crippen LogP contribution in [-0.4, -0.2) is 65.6 Å². The summed E-state index contributed by atoms with van der Waals surface area (Å²) in [6.45, 7) is 0.363. The molecule has 1 aliphatic rings. The van der Waals surface area contributed by atoms with E-state index >= 15 is 0 Å². The molecule has 2 aromatic rings. The zero-order valence-electron chi connectivity index (χ0n) is 16.0. The third kappa shape index (κ3) is 5.12. The number of aliphatic hydroxyl groups excluding tert-OH is 2. The standard InChI is InChI=1S/C21H24ClFN2O4/c1-25(11-13-5-3-2-4-6-13)19-17(29-18(12-26)20(19)27)10-24-21(28)14-7-8-16(23)15(22)9-14/h2-9,17-20,26-27H,10-12H2,1H3,(H,24,28)/t17-,18+,19-,20-/m1/s1. The first-order valence-electron chi connectivity index (χ1n) is 9.32. The van der Waals surface area contributed by atoms with Crippen LogP contribution in [0.4, 0.5) is 4.39 Å². The number of amides is 1. The molecule has 1 heterocycles. The van der Waals surface area contributed by atoms with Gasteiger partial charge >= 0.3 is 0 Å². The first-order chi connectivity index (χ1) is 13.9. The molecule has 0 aliphatic carbocycles. The summed E-state index contributed by atoms with van der Waals surface area (Å²) in [5, 5.41) is 22.7. The van der Waals surface area contributed by atoms with Crippen molar-refractivity contribution in [3.63, 3.8) is 0 Å². The quantitative estimate of drug-likeness (QED) is 0.634. The number of likely N-dealkylation sites (N-methyl/N-ethyl adjacent to an activating group) is 1. The molecule has 0 spiro atoms. The lowest BCUT2D eigenvalue weighted by atomic mass is 10.0. The third-order valence-corrected chi connectivity index (χ3v) is 5.36. The molecular formula is C21H24ClFN2O4. The maximum atomic E-state index is 13.3. The van der Waals surface area contributed by atoms with Crippen molar-refractivity contribution in [1.29, 1.82) is 0 Å². The fraction of sp³-hybridized carbons (Fsp3) is 0.381. The van der Waals surface area contributed by atoms with E-state index in [-0.39, 0.29) is 23.7 Å². The molecule has 156 valence electrons. The molecule has 1 aliphatic heterocycles. The largest absolute Gasteiger partial charge is 0.394 e. The van der Waals surface area contributed by atoms with Crippen LogP contribution >= 0.6 is 11.6 Å². The fourth-order valence-corrected chi connectivity index (χ4v) is 3.78. The number of ether oxygens (including phenoxy) is 1. The van der Waals surface area contributed by atoms with Gasteiger partial charge in [-0.05, 0) is 30.8 Å². The topological polar surface area (TPSA) is 82.0 Å². The summed E-state index contributed by atoms with van der Waals surface area (Å²) in [7, 11) is 1.86. The molecule has 0 bridgehead atoms. The van der Waals surface area contributed by atoms with Crippen LogP contribution in [0.5, 0.6) is 0 Å². The average molecular weight is 423 g/mol. The summed E-state index contributed by atoms with van der Waals surface area (Å²) in [5.41, 5.74) is 1.29. The molecule has 0 radical (unpaired) electrons. The number of nitrogens with zero attached hydrogens (tertiary/aromatic N) is 1. The van der Waals surface area contributed by atoms with Gasteiger partial charge in [-0.2, -0.15) is 0 Å². The summed E-state index contributed by atoms with van der Waals surface area (Å²) in [5.74, 6) is -1.03. The van der Waals surface area contributed by atoms with Crippen LogP contribution in [0.2, 0.25) is 5.02 Å². The van der Waals surface area contributed by atoms with Crippen LogP contribution in [-0.2, 0) is 11.3 Å². The van der Waals surface area contributed by atoms with Gasteiger partial charge in [0.1, 0.15) is 18.0 Å². The number of carbonyl (C=O) groups excluding carboxylic acids is 1. The molecule has 1 saturated heterocycles. The molecule has 4 atom stereocenters. The smallest absolute Gasteiger partial charge is 0.251 e. The van der Waals surface area contributed by atoms with Crippen LogP contribution in [0.3, 0.4) is 0 Å². The Bertz CT molecular complexity index is 839. The van der Waals surface area contributed by atoms with Gasteiger partial charge in [-0.1, -0.05) is 41.9 Å². The fourth-order valence-electron chi connectivity index (χ4n) is 3.60. The van der Waals surface area contributed by atoms with E-state index in [0.29, 0.717) is 6.54 Å². The van der Waals surface area contributed by atoms with Gasteiger partial charge in [0, 0.05) is 18.7 Å². The van der Waals surface area contributed by atoms with Crippen LogP contribution < -0.4 is 5.32 Å². The highest BCUT2D eigenvalue weighted by Crippen LogP contribution is 2.26. The third-order valence-electron chi connectivity index (χ3n) is 5.07. The number of benzene rings is 2. The van der Waals surface area contributed by atoms with E-state index in [1.54, 1.807) is 0 Å². The molecule has 1 fully saturated rings. The zero-order chi connectivity index (χ0) is 21.0. The number of hydrogen-bond donors (Lipinski definition) is 3. The molecule has 3 N–H and O–H groups in total. The Kier molecular flexibility index (Phi) is 7.21. The Balaban J connectivity index is 1.68. The predicted octanol–water partition coefficient (Wildman–Crippen LogP) is 1.83. The van der Waals surface area contributed by atoms with Gasteiger partial charge in [0.25, 0.3) is 5.91 Å². The molecule has 8 heteroatoms. The summed E-state index contributed by atoms with van der Waals surface area (Å²) in [6, 6.07) is 13.1. The molecule has 0 unspecified atom stereocenters. The van der Waals surface area contributed by atoms with Crippen LogP contribution in [0.1, 0.15) is 15.9 Å². The minimum Gasteiger partial charge on any atom is -0.394 e. The molecule has 29 heavy (non-hydrogen) atoms. The first-order valence-corrected chi connectivity index (χ1v) is 9.70. The SMILES string of the molecule is CN(Cc1ccccc1)[C@H]1[C@H](O)[C@H](CO)O[C@@H]1CNC(=O)c1ccc(F)c(Cl)c1. The van der Waals surface area contributed by atoms with Crippen molar-refractivity contribution in [2.75, 3.05) is 20.2 Å². The Morgan fingerprint density at radius 3 is 2.62 bits per heavy atom. The Hall–Kier alpha value is -2.03. The molecule has 0 saturated carbocycles. The van der Waals surface area contributed by atoms with Crippen molar-refractivity contribution in [3.8, 4) is 0 Å². The Labute approximate surface area is 173 Å². The van der Waals surface area contributed by atoms with Gasteiger partial charge in [-0.15, -0.1) is 0 Å². The van der Waals surface area contributed by atoms with Gasteiger partial charge in [-0.25, -0.2) is 4.39 Å². The average Bonchev–Trinajstić information content (AvgIpc) is 3.04. The number of nitrogens with one attached hydrogen (secondary N) is 1. The lowest BCUT2D eigenvalue weighted by molar-refractivity contribution is -0.0209. The highest BCUT2D eigenvalue weighted by Gasteiger charge is 2.45. The van der Waals surface area contributed by atoms with Crippen LogP contribution in [0, 0.1) is 5.82 Å². The van der Waals surface area contributed by atoms with E-state index in [1.165, 1.54) is 12.1 Å². The van der Waals surface area contributed by atoms with Gasteiger partial charge in [-0.3, -0.25) is 9.69 Å². The van der Waals surface area contributed by atoms with Crippen molar-refractivity contribution in [2.45, 2.75) is 30.9 Å². The molecular weight excluding hydrogens is 399 g/mol. The second kappa shape index (κ2) is 9.65. The first kappa shape index (κ1) is 21.7. The normalized spacial score (nSPS) is 24.1. The second-order valence-electron chi connectivity index (χ2n) is 7.12. The Morgan fingerprint density at radius 2 is 1.97 bits per heavy atom. The van der Waals surface area contributed by atoms with Gasteiger partial charge < -0.3 is 20.3 Å². The number of aliphatic hydroxyl groups is 2. The van der Waals surface area contributed by atoms with Crippen molar-refractivity contribution in [2.24, 2.45) is 0 Å². The maximum absolute atomic E-state index is 13.3. The monoisotopic (exact) mass is 422 g/mol. The minimum atomic E-state index is -0.907. The number of carbonyl (C=O) groups is 1. The maximum Gasteiger partial charge on any atom is 0.251 e. The lowest BCUT2D eigenvalue weighted by Gasteiger charge is -2.30. The highest BCUT2D eigenvalue weighted by atomic mass is 35.5. The van der Waals surface area contributed by atoms with Crippen molar-refractivity contribution in [3.05, 3.63) is 70.5 Å². The van der Waals surface area contributed by atoms with E-state index in [4.69, 9.17) is 16.3 Å². The molecule has 3 rings (SSSR count). The van der Waals surface area contributed by atoms with Gasteiger partial charge in [0.2, 0.25) is 0 Å². The summed E-state index contributed by atoms with van der Waals surface area (Å²) in [6.07, 6.45) is -2.17. The van der Waals surface area contributed by atoms with Crippen molar-refractivity contribution >= 4 is 17.5 Å². The summed E-state index contributed by atoms with van der Waals surface area (Å²) >= 11 is 5.74. The zero-order valence-corrected chi connectivity index (χ0v) is 16.7. The van der Waals surface area contributed by atoms with Gasteiger partial charge in [0.05, 0.1) is 23.8 Å². The van der Waals surface area contributed by atoms with Crippen molar-refractivity contribution in [1.82, 2.24) is 10.2 Å². The Morgan fingerprint density at radius 1 is 1.24 bits per heavy atom. The lowest BCUT2D eigenvalue weighted by Crippen LogP contribution is -2.49. The van der Waals surface area contributed by atoms with E-state index in [9.17, 15) is 19.4 Å².